The van der Waals surface area contributed by atoms with Crippen LogP contribution in [-0.2, 0) is 6.61 Å². The maximum Gasteiger partial charge on any atom is 0.227 e. The monoisotopic (exact) mass is 325 g/mol. The van der Waals surface area contributed by atoms with Crippen LogP contribution in [0.5, 0.6) is 5.88 Å². The van der Waals surface area contributed by atoms with Crippen LogP contribution in [0.3, 0.4) is 0 Å². The third kappa shape index (κ3) is 2.95. The summed E-state index contributed by atoms with van der Waals surface area (Å²) in [4.78, 5) is 4.36. The highest BCUT2D eigenvalue weighted by Gasteiger charge is 2.03. The van der Waals surface area contributed by atoms with Gasteiger partial charge >= 0.3 is 0 Å². The normalized spacial score (nSPS) is 10.1. The molecule has 0 aliphatic carbocycles. The van der Waals surface area contributed by atoms with Gasteiger partial charge in [-0.1, -0.05) is 30.3 Å². The smallest absolute Gasteiger partial charge is 0.227 e. The number of hydrogen-bond donors (Lipinski definition) is 0. The van der Waals surface area contributed by atoms with Crippen molar-refractivity contribution in [1.82, 2.24) is 4.98 Å². The quantitative estimate of drug-likeness (QED) is 0.805. The Labute approximate surface area is 109 Å². The molecule has 0 bridgehead atoms. The molecule has 3 heteroatoms. The molecule has 0 N–H and O–H groups in total. The lowest BCUT2D eigenvalue weighted by atomic mass is 10.2. The minimum absolute atomic E-state index is 0.563. The van der Waals surface area contributed by atoms with E-state index >= 15 is 0 Å². The average Bonchev–Trinajstić information content (AvgIpc) is 2.32. The fourth-order valence-electron chi connectivity index (χ4n) is 1.34. The van der Waals surface area contributed by atoms with Crippen LogP contribution in [0.15, 0.2) is 42.5 Å². The SMILES string of the molecule is Cc1ccc(I)c(OCc2ccccc2)n1. The topological polar surface area (TPSA) is 22.1 Å². The Morgan fingerprint density at radius 3 is 2.62 bits per heavy atom. The fraction of sp³-hybridized carbons (Fsp3) is 0.154. The maximum absolute atomic E-state index is 5.69. The maximum atomic E-state index is 5.69. The van der Waals surface area contributed by atoms with Gasteiger partial charge in [0, 0.05) is 5.69 Å². The molecule has 0 radical (unpaired) electrons. The first-order chi connectivity index (χ1) is 7.75. The minimum atomic E-state index is 0.563. The summed E-state index contributed by atoms with van der Waals surface area (Å²) in [6.45, 7) is 2.53. The number of aromatic nitrogens is 1. The van der Waals surface area contributed by atoms with Crippen molar-refractivity contribution in [3.63, 3.8) is 0 Å². The van der Waals surface area contributed by atoms with E-state index in [1.807, 2.05) is 49.4 Å². The summed E-state index contributed by atoms with van der Waals surface area (Å²) >= 11 is 2.23. The first-order valence-corrected chi connectivity index (χ1v) is 6.13. The van der Waals surface area contributed by atoms with E-state index in [9.17, 15) is 0 Å². The molecule has 0 spiro atoms. The summed E-state index contributed by atoms with van der Waals surface area (Å²) < 4.78 is 6.73. The Morgan fingerprint density at radius 1 is 1.12 bits per heavy atom. The molecule has 0 aliphatic rings. The average molecular weight is 325 g/mol. The molecule has 0 saturated carbocycles. The van der Waals surface area contributed by atoms with Gasteiger partial charge in [0.15, 0.2) is 0 Å². The summed E-state index contributed by atoms with van der Waals surface area (Å²) in [5.41, 5.74) is 2.13. The molecule has 0 unspecified atom stereocenters. The Kier molecular flexibility index (Phi) is 3.77. The molecule has 2 aromatic rings. The summed E-state index contributed by atoms with van der Waals surface area (Å²) in [6, 6.07) is 14.1. The van der Waals surface area contributed by atoms with Crippen LogP contribution in [0.25, 0.3) is 0 Å². The fourth-order valence-corrected chi connectivity index (χ4v) is 1.80. The molecule has 0 amide bonds. The van der Waals surface area contributed by atoms with E-state index in [0.717, 1.165) is 14.8 Å². The number of benzene rings is 1. The van der Waals surface area contributed by atoms with Crippen molar-refractivity contribution in [1.29, 1.82) is 0 Å². The largest absolute Gasteiger partial charge is 0.472 e. The number of hydrogen-bond acceptors (Lipinski definition) is 2. The van der Waals surface area contributed by atoms with Crippen LogP contribution >= 0.6 is 22.6 Å². The number of pyridine rings is 1. The summed E-state index contributed by atoms with van der Waals surface area (Å²) in [7, 11) is 0. The lowest BCUT2D eigenvalue weighted by molar-refractivity contribution is 0.291. The van der Waals surface area contributed by atoms with E-state index in [-0.39, 0.29) is 0 Å². The van der Waals surface area contributed by atoms with Crippen LogP contribution in [0, 0.1) is 10.5 Å². The molecule has 1 aromatic heterocycles. The van der Waals surface area contributed by atoms with Gasteiger partial charge < -0.3 is 4.74 Å². The molecule has 0 atom stereocenters. The van der Waals surface area contributed by atoms with Gasteiger partial charge in [-0.25, -0.2) is 4.98 Å². The van der Waals surface area contributed by atoms with Crippen LogP contribution < -0.4 is 4.74 Å². The predicted molar refractivity (Wildman–Crippen MR) is 72.5 cm³/mol. The van der Waals surface area contributed by atoms with Gasteiger partial charge in [0.05, 0.1) is 3.57 Å². The molecule has 0 aliphatic heterocycles. The third-order valence-electron chi connectivity index (χ3n) is 2.17. The summed E-state index contributed by atoms with van der Waals surface area (Å²) in [6.07, 6.45) is 0. The van der Waals surface area contributed by atoms with E-state index in [0.29, 0.717) is 12.5 Å². The molecular formula is C13H12INO. The molecule has 0 fully saturated rings. The van der Waals surface area contributed by atoms with Gasteiger partial charge in [-0.2, -0.15) is 0 Å². The molecule has 2 nitrogen and oxygen atoms in total. The number of ether oxygens (including phenoxy) is 1. The van der Waals surface area contributed by atoms with Crippen molar-refractivity contribution < 1.29 is 4.74 Å². The van der Waals surface area contributed by atoms with Crippen LogP contribution in [0.4, 0.5) is 0 Å². The van der Waals surface area contributed by atoms with Crippen molar-refractivity contribution in [2.24, 2.45) is 0 Å². The van der Waals surface area contributed by atoms with E-state index in [2.05, 4.69) is 27.6 Å². The van der Waals surface area contributed by atoms with Gasteiger partial charge in [0.2, 0.25) is 5.88 Å². The van der Waals surface area contributed by atoms with Gasteiger partial charge in [-0.15, -0.1) is 0 Å². The Morgan fingerprint density at radius 2 is 1.88 bits per heavy atom. The van der Waals surface area contributed by atoms with Crippen molar-refractivity contribution in [3.05, 3.63) is 57.3 Å². The van der Waals surface area contributed by atoms with Crippen molar-refractivity contribution >= 4 is 22.6 Å². The molecule has 82 valence electrons. The highest BCUT2D eigenvalue weighted by atomic mass is 127. The van der Waals surface area contributed by atoms with Crippen LogP contribution in [0.1, 0.15) is 11.3 Å². The number of nitrogens with zero attached hydrogens (tertiary/aromatic N) is 1. The van der Waals surface area contributed by atoms with E-state index in [1.54, 1.807) is 0 Å². The highest BCUT2D eigenvalue weighted by Crippen LogP contribution is 2.19. The zero-order valence-corrected chi connectivity index (χ0v) is 11.1. The molecule has 2 rings (SSSR count). The Bertz CT molecular complexity index is 471. The van der Waals surface area contributed by atoms with Crippen molar-refractivity contribution in [2.45, 2.75) is 13.5 Å². The lowest BCUT2D eigenvalue weighted by Gasteiger charge is -2.07. The first-order valence-electron chi connectivity index (χ1n) is 5.05. The highest BCUT2D eigenvalue weighted by molar-refractivity contribution is 14.1. The second-order valence-electron chi connectivity index (χ2n) is 3.51. The van der Waals surface area contributed by atoms with Gasteiger partial charge in [-0.3, -0.25) is 0 Å². The molecule has 1 heterocycles. The number of aryl methyl sites for hydroxylation is 1. The number of rotatable bonds is 3. The molecule has 0 saturated heterocycles. The van der Waals surface area contributed by atoms with Gasteiger partial charge in [0.1, 0.15) is 6.61 Å². The standard InChI is InChI=1S/C13H12INO/c1-10-7-8-12(14)13(15-10)16-9-11-5-3-2-4-6-11/h2-8H,9H2,1H3. The van der Waals surface area contributed by atoms with Crippen LogP contribution in [-0.4, -0.2) is 4.98 Å². The van der Waals surface area contributed by atoms with Crippen LogP contribution in [0.2, 0.25) is 0 Å². The van der Waals surface area contributed by atoms with E-state index in [4.69, 9.17) is 4.74 Å². The van der Waals surface area contributed by atoms with E-state index < -0.39 is 0 Å². The zero-order valence-electron chi connectivity index (χ0n) is 8.98. The second-order valence-corrected chi connectivity index (χ2v) is 4.68. The van der Waals surface area contributed by atoms with Gasteiger partial charge in [-0.05, 0) is 47.2 Å². The molecule has 16 heavy (non-hydrogen) atoms. The zero-order chi connectivity index (χ0) is 11.4. The Hall–Kier alpha value is -1.10. The second kappa shape index (κ2) is 5.30. The molecule has 1 aromatic carbocycles. The van der Waals surface area contributed by atoms with E-state index in [1.165, 1.54) is 0 Å². The predicted octanol–water partition coefficient (Wildman–Crippen LogP) is 3.57. The number of halogens is 1. The third-order valence-corrected chi connectivity index (χ3v) is 2.99. The minimum Gasteiger partial charge on any atom is -0.472 e. The van der Waals surface area contributed by atoms with Crippen molar-refractivity contribution in [2.75, 3.05) is 0 Å². The summed E-state index contributed by atoms with van der Waals surface area (Å²) in [5, 5.41) is 0. The summed E-state index contributed by atoms with van der Waals surface area (Å²) in [5.74, 6) is 0.712. The van der Waals surface area contributed by atoms with Crippen molar-refractivity contribution in [3.8, 4) is 5.88 Å². The Balaban J connectivity index is 2.08. The lowest BCUT2D eigenvalue weighted by Crippen LogP contribution is -1.99. The first kappa shape index (κ1) is 11.4. The van der Waals surface area contributed by atoms with Gasteiger partial charge in [0.25, 0.3) is 0 Å². The molecular weight excluding hydrogens is 313 g/mol.